The van der Waals surface area contributed by atoms with E-state index in [2.05, 4.69) is 16.6 Å². The highest BCUT2D eigenvalue weighted by molar-refractivity contribution is 6.04. The van der Waals surface area contributed by atoms with Crippen molar-refractivity contribution < 1.29 is 4.79 Å². The van der Waals surface area contributed by atoms with E-state index in [0.29, 0.717) is 11.3 Å². The summed E-state index contributed by atoms with van der Waals surface area (Å²) in [6, 6.07) is 13.0. The lowest BCUT2D eigenvalue weighted by molar-refractivity contribution is 0.102. The maximum absolute atomic E-state index is 12.2. The molecule has 0 spiro atoms. The van der Waals surface area contributed by atoms with Crippen LogP contribution in [0.4, 0.5) is 11.4 Å². The number of hydrogen-bond donors (Lipinski definition) is 2. The first-order valence-electron chi connectivity index (χ1n) is 6.51. The van der Waals surface area contributed by atoms with Crippen LogP contribution < -0.4 is 10.6 Å². The van der Waals surface area contributed by atoms with Crippen LogP contribution in [0.1, 0.15) is 21.5 Å². The summed E-state index contributed by atoms with van der Waals surface area (Å²) < 4.78 is 0. The average Bonchev–Trinajstić information content (AvgIpc) is 2.94. The van der Waals surface area contributed by atoms with Gasteiger partial charge in [0, 0.05) is 29.0 Å². The second-order valence-corrected chi connectivity index (χ2v) is 4.73. The minimum atomic E-state index is -0.117. The molecule has 0 fully saturated rings. The molecule has 1 heterocycles. The molecule has 1 aliphatic heterocycles. The molecule has 2 N–H and O–H groups in total. The second kappa shape index (κ2) is 5.10. The maximum atomic E-state index is 12.2. The first-order valence-corrected chi connectivity index (χ1v) is 6.51. The van der Waals surface area contributed by atoms with E-state index in [9.17, 15) is 4.79 Å². The third kappa shape index (κ3) is 2.36. The van der Waals surface area contributed by atoms with E-state index in [1.165, 1.54) is 5.56 Å². The molecule has 3 heteroatoms. The number of carbonyl (C=O) groups excluding carboxylic acids is 1. The van der Waals surface area contributed by atoms with Crippen molar-refractivity contribution in [1.29, 1.82) is 0 Å². The molecule has 0 aliphatic carbocycles. The molecule has 2 aromatic rings. The van der Waals surface area contributed by atoms with Crippen LogP contribution in [0.5, 0.6) is 0 Å². The van der Waals surface area contributed by atoms with Crippen molar-refractivity contribution in [3.05, 3.63) is 59.2 Å². The molecule has 0 aromatic heterocycles. The van der Waals surface area contributed by atoms with Crippen LogP contribution in [-0.2, 0) is 6.42 Å². The minimum absolute atomic E-state index is 0.117. The number of hydrogen-bond acceptors (Lipinski definition) is 2. The molecule has 0 atom stereocenters. The summed E-state index contributed by atoms with van der Waals surface area (Å²) in [5.74, 6) is 2.44. The summed E-state index contributed by atoms with van der Waals surface area (Å²) in [4.78, 5) is 12.2. The zero-order valence-corrected chi connectivity index (χ0v) is 10.9. The van der Waals surface area contributed by atoms with Crippen molar-refractivity contribution >= 4 is 17.3 Å². The van der Waals surface area contributed by atoms with Gasteiger partial charge < -0.3 is 10.6 Å². The Morgan fingerprint density at radius 3 is 3.00 bits per heavy atom. The van der Waals surface area contributed by atoms with Crippen LogP contribution in [0.15, 0.2) is 42.5 Å². The third-order valence-corrected chi connectivity index (χ3v) is 3.36. The van der Waals surface area contributed by atoms with Gasteiger partial charge in [0.15, 0.2) is 0 Å². The molecule has 0 radical (unpaired) electrons. The van der Waals surface area contributed by atoms with E-state index in [1.807, 2.05) is 36.4 Å². The molecular formula is C17H14N2O. The molecular weight excluding hydrogens is 248 g/mol. The Morgan fingerprint density at radius 2 is 2.15 bits per heavy atom. The fourth-order valence-electron chi connectivity index (χ4n) is 2.34. The first kappa shape index (κ1) is 12.3. The normalized spacial score (nSPS) is 12.2. The number of fused-ring (bicyclic) bond motifs is 1. The Labute approximate surface area is 118 Å². The van der Waals surface area contributed by atoms with Crippen molar-refractivity contribution in [2.24, 2.45) is 0 Å². The van der Waals surface area contributed by atoms with E-state index >= 15 is 0 Å². The van der Waals surface area contributed by atoms with Crippen molar-refractivity contribution in [2.45, 2.75) is 6.42 Å². The molecule has 3 nitrogen and oxygen atoms in total. The molecule has 1 amide bonds. The highest BCUT2D eigenvalue weighted by Gasteiger charge is 2.13. The quantitative estimate of drug-likeness (QED) is 0.817. The molecule has 2 aromatic carbocycles. The number of rotatable bonds is 2. The van der Waals surface area contributed by atoms with Gasteiger partial charge in [-0.05, 0) is 48.4 Å². The van der Waals surface area contributed by atoms with Crippen LogP contribution >= 0.6 is 0 Å². The van der Waals surface area contributed by atoms with E-state index in [4.69, 9.17) is 6.42 Å². The Bertz CT molecular complexity index is 713. The molecule has 0 saturated carbocycles. The molecule has 0 unspecified atom stereocenters. The lowest BCUT2D eigenvalue weighted by Crippen LogP contribution is -2.12. The van der Waals surface area contributed by atoms with Crippen molar-refractivity contribution in [2.75, 3.05) is 17.2 Å². The van der Waals surface area contributed by atoms with Crippen molar-refractivity contribution in [1.82, 2.24) is 0 Å². The van der Waals surface area contributed by atoms with E-state index in [-0.39, 0.29) is 5.91 Å². The van der Waals surface area contributed by atoms with Gasteiger partial charge in [-0.1, -0.05) is 12.0 Å². The monoisotopic (exact) mass is 262 g/mol. The largest absolute Gasteiger partial charge is 0.384 e. The minimum Gasteiger partial charge on any atom is -0.384 e. The Balaban J connectivity index is 1.81. The number of amides is 1. The predicted octanol–water partition coefficient (Wildman–Crippen LogP) is 2.89. The lowest BCUT2D eigenvalue weighted by Gasteiger charge is -2.07. The highest BCUT2D eigenvalue weighted by Crippen LogP contribution is 2.23. The van der Waals surface area contributed by atoms with Gasteiger partial charge in [0.25, 0.3) is 5.91 Å². The predicted molar refractivity (Wildman–Crippen MR) is 81.0 cm³/mol. The number of nitrogens with one attached hydrogen (secondary N) is 2. The fourth-order valence-corrected chi connectivity index (χ4v) is 2.34. The van der Waals surface area contributed by atoms with E-state index in [0.717, 1.165) is 24.2 Å². The zero-order chi connectivity index (χ0) is 13.9. The molecule has 0 saturated heterocycles. The van der Waals surface area contributed by atoms with E-state index in [1.54, 1.807) is 6.07 Å². The summed E-state index contributed by atoms with van der Waals surface area (Å²) in [5, 5.41) is 6.15. The standard InChI is InChI=1S/C17H14N2O/c1-2-12-4-3-5-15(10-12)19-17(20)14-6-7-16-13(11-14)8-9-18-16/h1,3-7,10-11,18H,8-9H2,(H,19,20). The van der Waals surface area contributed by atoms with Gasteiger partial charge in [-0.15, -0.1) is 6.42 Å². The Kier molecular flexibility index (Phi) is 3.14. The smallest absolute Gasteiger partial charge is 0.255 e. The Morgan fingerprint density at radius 1 is 1.25 bits per heavy atom. The van der Waals surface area contributed by atoms with Crippen LogP contribution in [0.2, 0.25) is 0 Å². The molecule has 1 aliphatic rings. The summed E-state index contributed by atoms with van der Waals surface area (Å²) in [6.07, 6.45) is 6.31. The maximum Gasteiger partial charge on any atom is 0.255 e. The average molecular weight is 262 g/mol. The van der Waals surface area contributed by atoms with Crippen LogP contribution in [0.3, 0.4) is 0 Å². The van der Waals surface area contributed by atoms with Crippen LogP contribution in [-0.4, -0.2) is 12.5 Å². The highest BCUT2D eigenvalue weighted by atomic mass is 16.1. The summed E-state index contributed by atoms with van der Waals surface area (Å²) in [7, 11) is 0. The summed E-state index contributed by atoms with van der Waals surface area (Å²) >= 11 is 0. The number of carbonyl (C=O) groups is 1. The second-order valence-electron chi connectivity index (χ2n) is 4.73. The number of terminal acetylenes is 1. The van der Waals surface area contributed by atoms with Crippen LogP contribution in [0.25, 0.3) is 0 Å². The number of anilines is 2. The Hall–Kier alpha value is -2.73. The fraction of sp³-hybridized carbons (Fsp3) is 0.118. The van der Waals surface area contributed by atoms with Gasteiger partial charge >= 0.3 is 0 Å². The molecule has 20 heavy (non-hydrogen) atoms. The van der Waals surface area contributed by atoms with Gasteiger partial charge in [-0.2, -0.15) is 0 Å². The van der Waals surface area contributed by atoms with Gasteiger partial charge in [0.05, 0.1) is 0 Å². The van der Waals surface area contributed by atoms with Gasteiger partial charge in [0.2, 0.25) is 0 Å². The molecule has 98 valence electrons. The zero-order valence-electron chi connectivity index (χ0n) is 10.9. The summed E-state index contributed by atoms with van der Waals surface area (Å²) in [5.41, 5.74) is 4.44. The van der Waals surface area contributed by atoms with Gasteiger partial charge in [0.1, 0.15) is 0 Å². The van der Waals surface area contributed by atoms with Crippen LogP contribution in [0, 0.1) is 12.3 Å². The third-order valence-electron chi connectivity index (χ3n) is 3.36. The molecule has 0 bridgehead atoms. The van der Waals surface area contributed by atoms with Gasteiger partial charge in [-0.25, -0.2) is 0 Å². The van der Waals surface area contributed by atoms with E-state index < -0.39 is 0 Å². The lowest BCUT2D eigenvalue weighted by atomic mass is 10.1. The van der Waals surface area contributed by atoms with Crippen molar-refractivity contribution in [3.8, 4) is 12.3 Å². The molecule has 3 rings (SSSR count). The topological polar surface area (TPSA) is 41.1 Å². The SMILES string of the molecule is C#Cc1cccc(NC(=O)c2ccc3c(c2)CCN3)c1. The first-order chi connectivity index (χ1) is 9.76. The summed E-state index contributed by atoms with van der Waals surface area (Å²) in [6.45, 7) is 0.935. The number of benzene rings is 2. The van der Waals surface area contributed by atoms with Crippen molar-refractivity contribution in [3.63, 3.8) is 0 Å². The van der Waals surface area contributed by atoms with Gasteiger partial charge in [-0.3, -0.25) is 4.79 Å².